The van der Waals surface area contributed by atoms with E-state index < -0.39 is 17.7 Å². The number of benzene rings is 2. The summed E-state index contributed by atoms with van der Waals surface area (Å²) in [5.74, 6) is 0.467. The monoisotopic (exact) mass is 533 g/mol. The topological polar surface area (TPSA) is 98.4 Å². The average Bonchev–Trinajstić information content (AvgIpc) is 3.56. The molecule has 1 amide bonds. The fourth-order valence-corrected chi connectivity index (χ4v) is 4.46. The molecule has 0 spiro atoms. The van der Waals surface area contributed by atoms with Gasteiger partial charge in [-0.05, 0) is 66.9 Å². The SMILES string of the molecule is CCCCOc1ccc(C(O)=C2C(=O)C(=O)N(Cc3ccco3)C2c2ccc(OCCCC)c(OC)c2)cc1. The Labute approximate surface area is 228 Å². The molecular weight excluding hydrogens is 498 g/mol. The molecule has 1 aliphatic heterocycles. The van der Waals surface area contributed by atoms with Gasteiger partial charge in [-0.25, -0.2) is 0 Å². The molecule has 0 aliphatic carbocycles. The minimum Gasteiger partial charge on any atom is -0.507 e. The molecule has 1 fully saturated rings. The number of hydrogen-bond acceptors (Lipinski definition) is 7. The van der Waals surface area contributed by atoms with Crippen LogP contribution in [0, 0.1) is 0 Å². The van der Waals surface area contributed by atoms with Gasteiger partial charge in [0.25, 0.3) is 11.7 Å². The number of likely N-dealkylation sites (tertiary alicyclic amines) is 1. The Hall–Kier alpha value is -4.20. The van der Waals surface area contributed by atoms with Crippen LogP contribution < -0.4 is 14.2 Å². The van der Waals surface area contributed by atoms with Crippen molar-refractivity contribution >= 4 is 17.4 Å². The van der Waals surface area contributed by atoms with Gasteiger partial charge in [0, 0.05) is 5.56 Å². The zero-order chi connectivity index (χ0) is 27.8. The summed E-state index contributed by atoms with van der Waals surface area (Å²) in [4.78, 5) is 28.0. The molecular formula is C31H35NO7. The van der Waals surface area contributed by atoms with Crippen molar-refractivity contribution in [1.29, 1.82) is 0 Å². The Balaban J connectivity index is 1.75. The lowest BCUT2D eigenvalue weighted by molar-refractivity contribution is -0.140. The predicted octanol–water partition coefficient (Wildman–Crippen LogP) is 6.27. The second-order valence-corrected chi connectivity index (χ2v) is 9.35. The lowest BCUT2D eigenvalue weighted by atomic mass is 9.95. The minimum absolute atomic E-state index is 0.00656. The van der Waals surface area contributed by atoms with Crippen molar-refractivity contribution in [2.24, 2.45) is 0 Å². The zero-order valence-electron chi connectivity index (χ0n) is 22.6. The number of hydrogen-bond donors (Lipinski definition) is 1. The number of carbonyl (C=O) groups is 2. The summed E-state index contributed by atoms with van der Waals surface area (Å²) in [6.07, 6.45) is 5.36. The van der Waals surface area contributed by atoms with E-state index in [4.69, 9.17) is 18.6 Å². The van der Waals surface area contributed by atoms with Gasteiger partial charge in [0.1, 0.15) is 17.3 Å². The summed E-state index contributed by atoms with van der Waals surface area (Å²) in [5, 5.41) is 11.4. The Morgan fingerprint density at radius 3 is 2.31 bits per heavy atom. The fraction of sp³-hybridized carbons (Fsp3) is 0.355. The van der Waals surface area contributed by atoms with Crippen LogP contribution in [0.15, 0.2) is 70.9 Å². The van der Waals surface area contributed by atoms with Crippen LogP contribution >= 0.6 is 0 Å². The molecule has 3 aromatic rings. The molecule has 39 heavy (non-hydrogen) atoms. The first-order valence-corrected chi connectivity index (χ1v) is 13.3. The number of unbranched alkanes of at least 4 members (excludes halogenated alkanes) is 2. The number of furan rings is 1. The molecule has 8 nitrogen and oxygen atoms in total. The van der Waals surface area contributed by atoms with Crippen LogP contribution in [0.3, 0.4) is 0 Å². The largest absolute Gasteiger partial charge is 0.507 e. The summed E-state index contributed by atoms with van der Waals surface area (Å²) < 4.78 is 22.6. The summed E-state index contributed by atoms with van der Waals surface area (Å²) in [6, 6.07) is 14.7. The van der Waals surface area contributed by atoms with E-state index in [0.29, 0.717) is 47.3 Å². The van der Waals surface area contributed by atoms with E-state index in [-0.39, 0.29) is 17.9 Å². The highest BCUT2D eigenvalue weighted by Crippen LogP contribution is 2.43. The normalized spacial score (nSPS) is 16.5. The molecule has 1 atom stereocenters. The summed E-state index contributed by atoms with van der Waals surface area (Å²) >= 11 is 0. The first-order valence-electron chi connectivity index (χ1n) is 13.3. The number of rotatable bonds is 13. The number of aliphatic hydroxyl groups excluding tert-OH is 1. The van der Waals surface area contributed by atoms with Gasteiger partial charge >= 0.3 is 0 Å². The summed E-state index contributed by atoms with van der Waals surface area (Å²) in [7, 11) is 1.54. The van der Waals surface area contributed by atoms with Gasteiger partial charge in [-0.15, -0.1) is 0 Å². The summed E-state index contributed by atoms with van der Waals surface area (Å²) in [6.45, 7) is 5.37. The lowest BCUT2D eigenvalue weighted by Crippen LogP contribution is -2.29. The van der Waals surface area contributed by atoms with Crippen LogP contribution in [0.1, 0.15) is 62.5 Å². The molecule has 4 rings (SSSR count). The first-order chi connectivity index (χ1) is 19.0. The first kappa shape index (κ1) is 27.8. The second kappa shape index (κ2) is 13.0. The Kier molecular flexibility index (Phi) is 9.31. The summed E-state index contributed by atoms with van der Waals surface area (Å²) in [5.41, 5.74) is 1.000. The van der Waals surface area contributed by atoms with Gasteiger partial charge in [0.05, 0.1) is 44.7 Å². The number of aliphatic hydroxyl groups is 1. The van der Waals surface area contributed by atoms with Crippen LogP contribution in [-0.2, 0) is 16.1 Å². The van der Waals surface area contributed by atoms with Crippen molar-refractivity contribution in [2.45, 2.75) is 52.1 Å². The van der Waals surface area contributed by atoms with Crippen LogP contribution in [0.4, 0.5) is 0 Å². The van der Waals surface area contributed by atoms with Gasteiger partial charge in [0.2, 0.25) is 0 Å². The third-order valence-corrected chi connectivity index (χ3v) is 6.60. The third kappa shape index (κ3) is 6.28. The molecule has 2 heterocycles. The highest BCUT2D eigenvalue weighted by molar-refractivity contribution is 6.46. The molecule has 1 unspecified atom stereocenters. The standard InChI is InChI=1S/C31H35NO7/c1-4-6-16-37-23-13-10-21(11-14-23)29(33)27-28(32(31(35)30(27)34)20-24-9-8-18-38-24)22-12-15-25(26(19-22)36-3)39-17-7-5-2/h8-15,18-19,28,33H,4-7,16-17,20H2,1-3H3. The predicted molar refractivity (Wildman–Crippen MR) is 147 cm³/mol. The number of Topliss-reactive ketones (excluding diaryl/α,β-unsaturated/α-hetero) is 1. The highest BCUT2D eigenvalue weighted by Gasteiger charge is 2.46. The number of amides is 1. The van der Waals surface area contributed by atoms with Gasteiger partial charge < -0.3 is 28.6 Å². The van der Waals surface area contributed by atoms with E-state index in [1.54, 1.807) is 54.6 Å². The smallest absolute Gasteiger partial charge is 0.296 e. The molecule has 2 aromatic carbocycles. The van der Waals surface area contributed by atoms with E-state index in [1.807, 2.05) is 0 Å². The molecule has 0 radical (unpaired) electrons. The average molecular weight is 534 g/mol. The molecule has 1 N–H and O–H groups in total. The third-order valence-electron chi connectivity index (χ3n) is 6.60. The maximum absolute atomic E-state index is 13.4. The highest BCUT2D eigenvalue weighted by atomic mass is 16.5. The molecule has 0 bridgehead atoms. The van der Waals surface area contributed by atoms with Crippen molar-refractivity contribution in [3.05, 3.63) is 83.3 Å². The van der Waals surface area contributed by atoms with E-state index in [1.165, 1.54) is 18.3 Å². The number of methoxy groups -OCH3 is 1. The van der Waals surface area contributed by atoms with Gasteiger partial charge in [-0.1, -0.05) is 32.8 Å². The Morgan fingerprint density at radius 1 is 0.949 bits per heavy atom. The molecule has 1 saturated heterocycles. The van der Waals surface area contributed by atoms with Crippen molar-refractivity contribution in [3.63, 3.8) is 0 Å². The van der Waals surface area contributed by atoms with Crippen LogP contribution in [0.5, 0.6) is 17.2 Å². The van der Waals surface area contributed by atoms with Gasteiger partial charge in [0.15, 0.2) is 11.5 Å². The maximum atomic E-state index is 13.4. The Morgan fingerprint density at radius 2 is 1.67 bits per heavy atom. The van der Waals surface area contributed by atoms with Crippen molar-refractivity contribution in [1.82, 2.24) is 4.90 Å². The number of ketones is 1. The van der Waals surface area contributed by atoms with Crippen LogP contribution in [0.25, 0.3) is 5.76 Å². The molecule has 1 aliphatic rings. The van der Waals surface area contributed by atoms with E-state index in [9.17, 15) is 14.7 Å². The minimum atomic E-state index is -0.867. The zero-order valence-corrected chi connectivity index (χ0v) is 22.6. The van der Waals surface area contributed by atoms with Gasteiger partial charge in [-0.2, -0.15) is 0 Å². The van der Waals surface area contributed by atoms with Crippen molar-refractivity contribution < 1.29 is 33.3 Å². The van der Waals surface area contributed by atoms with Gasteiger partial charge in [-0.3, -0.25) is 9.59 Å². The Bertz CT molecular complexity index is 1290. The number of carbonyl (C=O) groups excluding carboxylic acids is 2. The molecule has 206 valence electrons. The fourth-order valence-electron chi connectivity index (χ4n) is 4.46. The molecule has 0 saturated carbocycles. The maximum Gasteiger partial charge on any atom is 0.296 e. The van der Waals surface area contributed by atoms with Crippen LogP contribution in [-0.4, -0.2) is 42.0 Å². The quantitative estimate of drug-likeness (QED) is 0.120. The van der Waals surface area contributed by atoms with Crippen LogP contribution in [0.2, 0.25) is 0 Å². The number of nitrogens with zero attached hydrogens (tertiary/aromatic N) is 1. The van der Waals surface area contributed by atoms with E-state index in [2.05, 4.69) is 13.8 Å². The second-order valence-electron chi connectivity index (χ2n) is 9.35. The van der Waals surface area contributed by atoms with Crippen molar-refractivity contribution in [2.75, 3.05) is 20.3 Å². The molecule has 8 heteroatoms. The van der Waals surface area contributed by atoms with Crippen molar-refractivity contribution in [3.8, 4) is 17.2 Å². The number of ether oxygens (including phenoxy) is 3. The van der Waals surface area contributed by atoms with E-state index in [0.717, 1.165) is 25.7 Å². The molecule has 1 aromatic heterocycles. The van der Waals surface area contributed by atoms with E-state index >= 15 is 0 Å². The lowest BCUT2D eigenvalue weighted by Gasteiger charge is -2.25.